The molecule has 0 radical (unpaired) electrons. The number of hydrogen-bond donors (Lipinski definition) is 2. The van der Waals surface area contributed by atoms with Gasteiger partial charge in [-0.25, -0.2) is 4.79 Å². The number of carbonyl (C=O) groups is 3. The van der Waals surface area contributed by atoms with Gasteiger partial charge in [0, 0.05) is 19.5 Å². The minimum Gasteiger partial charge on any atom is -0.481 e. The van der Waals surface area contributed by atoms with Crippen LogP contribution in [0.15, 0.2) is 0 Å². The van der Waals surface area contributed by atoms with Crippen molar-refractivity contribution < 1.29 is 24.2 Å². The Morgan fingerprint density at radius 1 is 1.25 bits per heavy atom. The fraction of sp³-hybridized carbons (Fsp3) is 0.769. The lowest BCUT2D eigenvalue weighted by atomic mass is 9.89. The van der Waals surface area contributed by atoms with Gasteiger partial charge in [-0.3, -0.25) is 14.9 Å². The van der Waals surface area contributed by atoms with E-state index in [0.29, 0.717) is 13.1 Å². The van der Waals surface area contributed by atoms with Crippen LogP contribution in [-0.4, -0.2) is 53.2 Å². The van der Waals surface area contributed by atoms with Crippen molar-refractivity contribution in [2.45, 2.75) is 46.3 Å². The van der Waals surface area contributed by atoms with Gasteiger partial charge in [0.1, 0.15) is 0 Å². The van der Waals surface area contributed by atoms with Crippen LogP contribution in [0, 0.1) is 5.41 Å². The Hall–Kier alpha value is -1.63. The van der Waals surface area contributed by atoms with Crippen LogP contribution in [0.1, 0.15) is 34.1 Å². The summed E-state index contributed by atoms with van der Waals surface area (Å²) in [5.41, 5.74) is -1.20. The summed E-state index contributed by atoms with van der Waals surface area (Å²) in [5.74, 6) is -1.66. The van der Waals surface area contributed by atoms with Gasteiger partial charge in [-0.2, -0.15) is 0 Å². The highest BCUT2D eigenvalue weighted by Gasteiger charge is 2.32. The number of carboxylic acids is 1. The average molecular weight is 286 g/mol. The van der Waals surface area contributed by atoms with Crippen molar-refractivity contribution in [1.29, 1.82) is 0 Å². The molecule has 1 rings (SSSR count). The van der Waals surface area contributed by atoms with Gasteiger partial charge in [0.25, 0.3) is 0 Å². The quantitative estimate of drug-likeness (QED) is 0.801. The molecule has 0 aromatic carbocycles. The fourth-order valence-corrected chi connectivity index (χ4v) is 2.06. The van der Waals surface area contributed by atoms with E-state index in [-0.39, 0.29) is 18.6 Å². The van der Waals surface area contributed by atoms with E-state index in [1.165, 1.54) is 18.7 Å². The van der Waals surface area contributed by atoms with Crippen LogP contribution >= 0.6 is 0 Å². The molecule has 7 heteroatoms. The van der Waals surface area contributed by atoms with Crippen molar-refractivity contribution in [3.63, 3.8) is 0 Å². The summed E-state index contributed by atoms with van der Waals surface area (Å²) in [5, 5.41) is 11.2. The minimum atomic E-state index is -1.20. The summed E-state index contributed by atoms with van der Waals surface area (Å²) in [7, 11) is 0. The van der Waals surface area contributed by atoms with E-state index in [9.17, 15) is 14.4 Å². The van der Waals surface area contributed by atoms with Crippen LogP contribution in [0.4, 0.5) is 4.79 Å². The molecule has 1 heterocycles. The maximum absolute atomic E-state index is 11.9. The third-order valence-corrected chi connectivity index (χ3v) is 3.13. The molecule has 0 unspecified atom stereocenters. The van der Waals surface area contributed by atoms with Gasteiger partial charge in [0.05, 0.1) is 17.6 Å². The molecule has 3 amide bonds. The molecule has 7 nitrogen and oxygen atoms in total. The van der Waals surface area contributed by atoms with Crippen molar-refractivity contribution in [3.8, 4) is 0 Å². The fourth-order valence-electron chi connectivity index (χ4n) is 2.06. The summed E-state index contributed by atoms with van der Waals surface area (Å²) < 4.78 is 5.50. The molecule has 0 bridgehead atoms. The number of urea groups is 1. The normalized spacial score (nSPS) is 23.3. The van der Waals surface area contributed by atoms with Gasteiger partial charge < -0.3 is 14.7 Å². The molecule has 0 saturated carbocycles. The van der Waals surface area contributed by atoms with Gasteiger partial charge in [-0.1, -0.05) is 0 Å². The molecule has 0 aromatic heterocycles. The zero-order valence-corrected chi connectivity index (χ0v) is 12.3. The largest absolute Gasteiger partial charge is 0.481 e. The van der Waals surface area contributed by atoms with Gasteiger partial charge in [-0.15, -0.1) is 0 Å². The van der Waals surface area contributed by atoms with Gasteiger partial charge in [-0.05, 0) is 27.7 Å². The van der Waals surface area contributed by atoms with E-state index in [4.69, 9.17) is 9.84 Å². The van der Waals surface area contributed by atoms with E-state index >= 15 is 0 Å². The number of rotatable bonds is 3. The summed E-state index contributed by atoms with van der Waals surface area (Å²) >= 11 is 0. The second kappa shape index (κ2) is 6.21. The van der Waals surface area contributed by atoms with E-state index < -0.39 is 23.3 Å². The number of morpholine rings is 1. The molecule has 0 aromatic rings. The minimum absolute atomic E-state index is 0.0879. The number of hydrogen-bond acceptors (Lipinski definition) is 4. The zero-order chi connectivity index (χ0) is 15.5. The predicted molar refractivity (Wildman–Crippen MR) is 71.2 cm³/mol. The Labute approximate surface area is 118 Å². The number of amides is 3. The first-order valence-corrected chi connectivity index (χ1v) is 6.59. The molecule has 2 atom stereocenters. The summed E-state index contributed by atoms with van der Waals surface area (Å²) in [6.45, 7) is 7.41. The third-order valence-electron chi connectivity index (χ3n) is 3.13. The second-order valence-electron chi connectivity index (χ2n) is 5.88. The Bertz CT molecular complexity index is 398. The average Bonchev–Trinajstić information content (AvgIpc) is 2.26. The topological polar surface area (TPSA) is 95.9 Å². The first kappa shape index (κ1) is 16.4. The van der Waals surface area contributed by atoms with Crippen molar-refractivity contribution in [1.82, 2.24) is 10.2 Å². The molecular formula is C13H22N2O5. The van der Waals surface area contributed by atoms with Gasteiger partial charge >= 0.3 is 12.0 Å². The standard InChI is InChI=1S/C13H22N2O5/c1-8-6-15(7-9(2)20-8)12(19)14-10(16)5-13(3,4)11(17)18/h8-9H,5-7H2,1-4H3,(H,17,18)(H,14,16,19)/t8-,9+. The zero-order valence-electron chi connectivity index (χ0n) is 12.3. The summed E-state index contributed by atoms with van der Waals surface area (Å²) in [6, 6.07) is -0.502. The number of carboxylic acid groups (broad SMARTS) is 1. The molecule has 0 spiro atoms. The maximum atomic E-state index is 11.9. The van der Waals surface area contributed by atoms with E-state index in [1.807, 2.05) is 13.8 Å². The monoisotopic (exact) mass is 286 g/mol. The molecule has 1 saturated heterocycles. The predicted octanol–water partition coefficient (Wildman–Crippen LogP) is 0.833. The maximum Gasteiger partial charge on any atom is 0.324 e. The van der Waals surface area contributed by atoms with Crippen molar-refractivity contribution in [2.75, 3.05) is 13.1 Å². The smallest absolute Gasteiger partial charge is 0.324 e. The van der Waals surface area contributed by atoms with Gasteiger partial charge in [0.2, 0.25) is 5.91 Å². The van der Waals surface area contributed by atoms with Crippen molar-refractivity contribution in [3.05, 3.63) is 0 Å². The highest BCUT2D eigenvalue weighted by Crippen LogP contribution is 2.20. The number of nitrogens with one attached hydrogen (secondary N) is 1. The SMILES string of the molecule is C[C@@H]1CN(C(=O)NC(=O)CC(C)(C)C(=O)O)C[C@H](C)O1. The van der Waals surface area contributed by atoms with Crippen molar-refractivity contribution in [2.24, 2.45) is 5.41 Å². The van der Waals surface area contributed by atoms with Crippen LogP contribution in [0.5, 0.6) is 0 Å². The third kappa shape index (κ3) is 4.48. The number of nitrogens with zero attached hydrogens (tertiary/aromatic N) is 1. The second-order valence-corrected chi connectivity index (χ2v) is 5.88. The van der Waals surface area contributed by atoms with Crippen LogP contribution < -0.4 is 5.32 Å². The molecule has 1 fully saturated rings. The molecular weight excluding hydrogens is 264 g/mol. The van der Waals surface area contributed by atoms with E-state index in [2.05, 4.69) is 5.32 Å². The van der Waals surface area contributed by atoms with Crippen LogP contribution in [0.2, 0.25) is 0 Å². The molecule has 1 aliphatic heterocycles. The molecule has 114 valence electrons. The first-order chi connectivity index (χ1) is 9.11. The lowest BCUT2D eigenvalue weighted by molar-refractivity contribution is -0.149. The lowest BCUT2D eigenvalue weighted by Crippen LogP contribution is -2.53. The van der Waals surface area contributed by atoms with E-state index in [1.54, 1.807) is 0 Å². The Balaban J connectivity index is 2.53. The molecule has 1 aliphatic rings. The highest BCUT2D eigenvalue weighted by molar-refractivity contribution is 5.96. The van der Waals surface area contributed by atoms with E-state index in [0.717, 1.165) is 0 Å². The number of carbonyl (C=O) groups excluding carboxylic acids is 2. The number of ether oxygens (including phenoxy) is 1. The van der Waals surface area contributed by atoms with Crippen LogP contribution in [-0.2, 0) is 14.3 Å². The number of aliphatic carboxylic acids is 1. The summed E-state index contributed by atoms with van der Waals surface area (Å²) in [6.07, 6.45) is -0.422. The highest BCUT2D eigenvalue weighted by atomic mass is 16.5. The summed E-state index contributed by atoms with van der Waals surface area (Å²) in [4.78, 5) is 36.1. The van der Waals surface area contributed by atoms with Crippen LogP contribution in [0.3, 0.4) is 0 Å². The van der Waals surface area contributed by atoms with Gasteiger partial charge in [0.15, 0.2) is 0 Å². The Morgan fingerprint density at radius 3 is 2.20 bits per heavy atom. The Kier molecular flexibility index (Phi) is 5.10. The van der Waals surface area contributed by atoms with Crippen molar-refractivity contribution >= 4 is 17.9 Å². The molecule has 0 aliphatic carbocycles. The lowest BCUT2D eigenvalue weighted by Gasteiger charge is -2.35. The number of imide groups is 1. The first-order valence-electron chi connectivity index (χ1n) is 6.59. The molecule has 2 N–H and O–H groups in total. The Morgan fingerprint density at radius 2 is 1.75 bits per heavy atom. The molecule has 20 heavy (non-hydrogen) atoms. The van der Waals surface area contributed by atoms with Crippen LogP contribution in [0.25, 0.3) is 0 Å².